The van der Waals surface area contributed by atoms with Crippen LogP contribution < -0.4 is 4.74 Å². The van der Waals surface area contributed by atoms with Gasteiger partial charge in [-0.2, -0.15) is 0 Å². The van der Waals surface area contributed by atoms with Gasteiger partial charge in [-0.3, -0.25) is 9.55 Å². The van der Waals surface area contributed by atoms with Gasteiger partial charge in [0.05, 0.1) is 25.6 Å². The van der Waals surface area contributed by atoms with Crippen LogP contribution in [0.5, 0.6) is 5.75 Å². The number of methoxy groups -OCH3 is 2. The highest BCUT2D eigenvalue weighted by Crippen LogP contribution is 2.40. The molecule has 4 aromatic heterocycles. The fourth-order valence-electron chi connectivity index (χ4n) is 3.46. The molecule has 1 aromatic carbocycles. The topological polar surface area (TPSA) is 87.8 Å². The van der Waals surface area contributed by atoms with Gasteiger partial charge in [-0.25, -0.2) is 9.97 Å². The fourth-order valence-corrected chi connectivity index (χ4v) is 5.39. The maximum atomic E-state index is 5.33. The maximum absolute atomic E-state index is 5.33. The van der Waals surface area contributed by atoms with Crippen molar-refractivity contribution in [1.29, 1.82) is 0 Å². The minimum absolute atomic E-state index is 0.540. The summed E-state index contributed by atoms with van der Waals surface area (Å²) in [6.45, 7) is 1.16. The van der Waals surface area contributed by atoms with Crippen molar-refractivity contribution in [2.24, 2.45) is 0 Å². The van der Waals surface area contributed by atoms with Crippen molar-refractivity contribution < 1.29 is 9.47 Å². The maximum Gasteiger partial charge on any atom is 0.197 e. The number of hydrogen-bond acceptors (Lipinski definition) is 9. The lowest BCUT2D eigenvalue weighted by Gasteiger charge is -2.10. The highest BCUT2D eigenvalue weighted by molar-refractivity contribution is 7.99. The summed E-state index contributed by atoms with van der Waals surface area (Å²) < 4.78 is 12.7. The Balaban J connectivity index is 1.57. The Kier molecular flexibility index (Phi) is 6.29. The van der Waals surface area contributed by atoms with Gasteiger partial charge in [0, 0.05) is 36.0 Å². The van der Waals surface area contributed by atoms with E-state index in [1.807, 2.05) is 36.4 Å². The smallest absolute Gasteiger partial charge is 0.197 e. The van der Waals surface area contributed by atoms with Crippen LogP contribution in [0.3, 0.4) is 0 Å². The quantitative estimate of drug-likeness (QED) is 0.295. The third-order valence-corrected chi connectivity index (χ3v) is 6.97. The normalized spacial score (nSPS) is 11.2. The van der Waals surface area contributed by atoms with Crippen molar-refractivity contribution in [2.45, 2.75) is 16.7 Å². The summed E-state index contributed by atoms with van der Waals surface area (Å²) in [6, 6.07) is 11.8. The van der Waals surface area contributed by atoms with Crippen molar-refractivity contribution in [3.8, 4) is 28.3 Å². The summed E-state index contributed by atoms with van der Waals surface area (Å²) in [5, 5.41) is 13.6. The van der Waals surface area contributed by atoms with Gasteiger partial charge >= 0.3 is 0 Å². The zero-order valence-corrected chi connectivity index (χ0v) is 19.6. The number of fused-ring (bicyclic) bond motifs is 1. The van der Waals surface area contributed by atoms with Crippen LogP contribution >= 0.6 is 23.1 Å². The highest BCUT2D eigenvalue weighted by atomic mass is 32.2. The standard InChI is InChI=1S/C23H20N6O2S2/c1-30-12-11-29-20(16-7-9-24-10-8-16)27-28-23(29)33-22-19-18(13-32-21(19)25-14-26-22)15-3-5-17(31-2)6-4-15/h3-10,13-14H,11-12H2,1-2H3. The van der Waals surface area contributed by atoms with E-state index in [-0.39, 0.29) is 0 Å². The molecule has 5 rings (SSSR count). The summed E-state index contributed by atoms with van der Waals surface area (Å²) in [7, 11) is 3.35. The van der Waals surface area contributed by atoms with Crippen LogP contribution in [0.1, 0.15) is 0 Å². The average Bonchev–Trinajstić information content (AvgIpc) is 3.48. The van der Waals surface area contributed by atoms with Crippen LogP contribution in [0.15, 0.2) is 70.7 Å². The van der Waals surface area contributed by atoms with Crippen molar-refractivity contribution in [3.63, 3.8) is 0 Å². The lowest BCUT2D eigenvalue weighted by atomic mass is 10.1. The van der Waals surface area contributed by atoms with Gasteiger partial charge in [0.1, 0.15) is 21.9 Å². The monoisotopic (exact) mass is 476 g/mol. The van der Waals surface area contributed by atoms with E-state index < -0.39 is 0 Å². The van der Waals surface area contributed by atoms with Gasteiger partial charge in [0.2, 0.25) is 0 Å². The Hall–Kier alpha value is -3.34. The Morgan fingerprint density at radius 2 is 1.79 bits per heavy atom. The second-order valence-corrected chi connectivity index (χ2v) is 8.84. The first kappa shape index (κ1) is 21.5. The molecule has 0 saturated carbocycles. The van der Waals surface area contributed by atoms with Crippen LogP contribution in [0.2, 0.25) is 0 Å². The number of ether oxygens (including phenoxy) is 2. The summed E-state index contributed by atoms with van der Waals surface area (Å²) in [4.78, 5) is 14.1. The van der Waals surface area contributed by atoms with Crippen LogP contribution in [-0.2, 0) is 11.3 Å². The van der Waals surface area contributed by atoms with E-state index in [9.17, 15) is 0 Å². The molecule has 4 heterocycles. The first-order chi connectivity index (χ1) is 16.3. The van der Waals surface area contributed by atoms with E-state index in [2.05, 4.69) is 35.1 Å². The van der Waals surface area contributed by atoms with Crippen LogP contribution in [0.4, 0.5) is 0 Å². The summed E-state index contributed by atoms with van der Waals surface area (Å²) in [5.74, 6) is 1.59. The first-order valence-corrected chi connectivity index (χ1v) is 11.8. The van der Waals surface area contributed by atoms with Crippen molar-refractivity contribution in [2.75, 3.05) is 20.8 Å². The molecule has 8 nitrogen and oxygen atoms in total. The SMILES string of the molecule is COCCn1c(Sc2ncnc3scc(-c4ccc(OC)cc4)c23)nnc1-c1ccncc1. The highest BCUT2D eigenvalue weighted by Gasteiger charge is 2.19. The summed E-state index contributed by atoms with van der Waals surface area (Å²) in [6.07, 6.45) is 5.09. The van der Waals surface area contributed by atoms with Gasteiger partial charge in [0.25, 0.3) is 0 Å². The van der Waals surface area contributed by atoms with Gasteiger partial charge in [0.15, 0.2) is 11.0 Å². The molecule has 0 fully saturated rings. The van der Waals surface area contributed by atoms with Crippen molar-refractivity contribution >= 4 is 33.3 Å². The Labute approximate surface area is 198 Å². The zero-order chi connectivity index (χ0) is 22.6. The Morgan fingerprint density at radius 3 is 2.55 bits per heavy atom. The van der Waals surface area contributed by atoms with Gasteiger partial charge in [-0.15, -0.1) is 21.5 Å². The predicted molar refractivity (Wildman–Crippen MR) is 129 cm³/mol. The van der Waals surface area contributed by atoms with Crippen molar-refractivity contribution in [3.05, 3.63) is 60.5 Å². The molecule has 0 radical (unpaired) electrons. The van der Waals surface area contributed by atoms with Crippen LogP contribution in [0, 0.1) is 0 Å². The number of thiophene rings is 1. The number of aromatic nitrogens is 6. The molecule has 166 valence electrons. The van der Waals surface area contributed by atoms with E-state index in [0.29, 0.717) is 13.2 Å². The number of nitrogens with zero attached hydrogens (tertiary/aromatic N) is 6. The molecule has 0 aliphatic heterocycles. The molecule has 33 heavy (non-hydrogen) atoms. The lowest BCUT2D eigenvalue weighted by molar-refractivity contribution is 0.185. The minimum atomic E-state index is 0.540. The molecular formula is C23H20N6O2S2. The average molecular weight is 477 g/mol. The molecular weight excluding hydrogens is 456 g/mol. The van der Waals surface area contributed by atoms with E-state index in [1.165, 1.54) is 11.8 Å². The number of pyridine rings is 1. The number of rotatable bonds is 8. The van der Waals surface area contributed by atoms with Crippen LogP contribution in [0.25, 0.3) is 32.7 Å². The second-order valence-electron chi connectivity index (χ2n) is 7.03. The Bertz CT molecular complexity index is 1370. The van der Waals surface area contributed by atoms with E-state index >= 15 is 0 Å². The third kappa shape index (κ3) is 4.32. The molecule has 5 aromatic rings. The lowest BCUT2D eigenvalue weighted by Crippen LogP contribution is -2.07. The molecule has 10 heteroatoms. The molecule has 0 unspecified atom stereocenters. The molecule has 0 N–H and O–H groups in total. The van der Waals surface area contributed by atoms with E-state index in [0.717, 1.165) is 48.7 Å². The van der Waals surface area contributed by atoms with Crippen LogP contribution in [-0.4, -0.2) is 50.5 Å². The molecule has 0 atom stereocenters. The first-order valence-electron chi connectivity index (χ1n) is 10.2. The van der Waals surface area contributed by atoms with Crippen molar-refractivity contribution in [1.82, 2.24) is 29.7 Å². The zero-order valence-electron chi connectivity index (χ0n) is 18.0. The van der Waals surface area contributed by atoms with Gasteiger partial charge in [-0.05, 0) is 41.6 Å². The number of hydrogen-bond donors (Lipinski definition) is 0. The minimum Gasteiger partial charge on any atom is -0.497 e. The number of benzene rings is 1. The summed E-state index contributed by atoms with van der Waals surface area (Å²) >= 11 is 3.08. The molecule has 0 spiro atoms. The predicted octanol–water partition coefficient (Wildman–Crippen LogP) is 4.82. The second kappa shape index (κ2) is 9.65. The van der Waals surface area contributed by atoms with Gasteiger partial charge < -0.3 is 9.47 Å². The summed E-state index contributed by atoms with van der Waals surface area (Å²) in [5.41, 5.74) is 3.11. The Morgan fingerprint density at radius 1 is 0.970 bits per heavy atom. The molecule has 0 aliphatic rings. The largest absolute Gasteiger partial charge is 0.497 e. The third-order valence-electron chi connectivity index (χ3n) is 5.10. The molecule has 0 aliphatic carbocycles. The molecule has 0 amide bonds. The van der Waals surface area contributed by atoms with Gasteiger partial charge in [-0.1, -0.05) is 12.1 Å². The van der Waals surface area contributed by atoms with E-state index in [1.54, 1.807) is 44.3 Å². The molecule has 0 saturated heterocycles. The van der Waals surface area contributed by atoms with E-state index in [4.69, 9.17) is 9.47 Å². The fraction of sp³-hybridized carbons (Fsp3) is 0.174. The molecule has 0 bridgehead atoms.